The van der Waals surface area contributed by atoms with Gasteiger partial charge in [0.05, 0.1) is 22.0 Å². The third-order valence-corrected chi connectivity index (χ3v) is 5.16. The van der Waals surface area contributed by atoms with Crippen molar-refractivity contribution in [3.8, 4) is 0 Å². The Bertz CT molecular complexity index is 772. The molecule has 2 heterocycles. The largest absolute Gasteiger partial charge is 0.384 e. The minimum Gasteiger partial charge on any atom is -0.384 e. The lowest BCUT2D eigenvalue weighted by Gasteiger charge is -2.29. The Morgan fingerprint density at radius 3 is 2.65 bits per heavy atom. The first-order valence-electron chi connectivity index (χ1n) is 9.10. The maximum Gasteiger partial charge on any atom is 0.253 e. The van der Waals surface area contributed by atoms with Crippen LogP contribution in [0.1, 0.15) is 47.3 Å². The van der Waals surface area contributed by atoms with Crippen LogP contribution in [0.2, 0.25) is 5.02 Å². The van der Waals surface area contributed by atoms with Gasteiger partial charge >= 0.3 is 0 Å². The molecule has 1 amide bonds. The average molecular weight is 373 g/mol. The zero-order chi connectivity index (χ0) is 18.5. The zero-order valence-electron chi connectivity index (χ0n) is 15.3. The van der Waals surface area contributed by atoms with Gasteiger partial charge in [0.1, 0.15) is 0 Å². The number of carbonyl (C=O) groups is 1. The standard InChI is InChI=1S/C20H25ClN4O/c1-13-7-18(12-22-9-13)24-10-15-3-5-17(6-4-15)25-20(26)19-8-16(21)11-23-14(19)2/h7-9,11-12,15,17,24H,3-6,10H2,1-2H3,(H,25,26). The third-order valence-electron chi connectivity index (χ3n) is 4.95. The quantitative estimate of drug-likeness (QED) is 0.827. The van der Waals surface area contributed by atoms with E-state index in [-0.39, 0.29) is 11.9 Å². The van der Waals surface area contributed by atoms with Crippen molar-refractivity contribution in [1.29, 1.82) is 0 Å². The molecule has 26 heavy (non-hydrogen) atoms. The molecule has 0 saturated heterocycles. The van der Waals surface area contributed by atoms with E-state index in [0.717, 1.165) is 43.5 Å². The Kier molecular flexibility index (Phi) is 6.09. The number of amides is 1. The molecule has 0 atom stereocenters. The van der Waals surface area contributed by atoms with Gasteiger partial charge in [0, 0.05) is 31.2 Å². The summed E-state index contributed by atoms with van der Waals surface area (Å²) in [7, 11) is 0. The Morgan fingerprint density at radius 2 is 1.92 bits per heavy atom. The number of anilines is 1. The van der Waals surface area contributed by atoms with E-state index in [1.807, 2.05) is 26.2 Å². The van der Waals surface area contributed by atoms with Gasteiger partial charge in [-0.25, -0.2) is 0 Å². The zero-order valence-corrected chi connectivity index (χ0v) is 16.0. The second-order valence-corrected chi connectivity index (χ2v) is 7.55. The summed E-state index contributed by atoms with van der Waals surface area (Å²) in [6.45, 7) is 4.82. The summed E-state index contributed by atoms with van der Waals surface area (Å²) in [5.41, 5.74) is 3.50. The van der Waals surface area contributed by atoms with Gasteiger partial charge in [-0.05, 0) is 63.1 Å². The topological polar surface area (TPSA) is 66.9 Å². The fourth-order valence-electron chi connectivity index (χ4n) is 3.43. The van der Waals surface area contributed by atoms with Crippen molar-refractivity contribution < 1.29 is 4.79 Å². The molecule has 2 aromatic heterocycles. The van der Waals surface area contributed by atoms with Gasteiger partial charge in [-0.1, -0.05) is 11.6 Å². The molecular weight excluding hydrogens is 348 g/mol. The van der Waals surface area contributed by atoms with E-state index in [0.29, 0.717) is 22.2 Å². The first-order chi connectivity index (χ1) is 12.5. The summed E-state index contributed by atoms with van der Waals surface area (Å²) >= 11 is 5.96. The molecule has 2 aromatic rings. The van der Waals surface area contributed by atoms with Crippen molar-refractivity contribution in [2.75, 3.05) is 11.9 Å². The van der Waals surface area contributed by atoms with Crippen LogP contribution in [0, 0.1) is 19.8 Å². The lowest BCUT2D eigenvalue weighted by molar-refractivity contribution is 0.0921. The fraction of sp³-hybridized carbons (Fsp3) is 0.450. The van der Waals surface area contributed by atoms with Gasteiger partial charge in [0.15, 0.2) is 0 Å². The number of pyridine rings is 2. The Morgan fingerprint density at radius 1 is 1.15 bits per heavy atom. The molecule has 0 radical (unpaired) electrons. The van der Waals surface area contributed by atoms with Gasteiger partial charge in [-0.3, -0.25) is 14.8 Å². The number of nitrogens with zero attached hydrogens (tertiary/aromatic N) is 2. The Balaban J connectivity index is 1.46. The second-order valence-electron chi connectivity index (χ2n) is 7.11. The first kappa shape index (κ1) is 18.6. The minimum atomic E-state index is -0.0788. The van der Waals surface area contributed by atoms with Crippen LogP contribution in [0.3, 0.4) is 0 Å². The summed E-state index contributed by atoms with van der Waals surface area (Å²) in [6, 6.07) is 4.02. The van der Waals surface area contributed by atoms with Gasteiger partial charge in [-0.15, -0.1) is 0 Å². The Labute approximate surface area is 159 Å². The number of carbonyl (C=O) groups excluding carboxylic acids is 1. The molecule has 5 nitrogen and oxygen atoms in total. The molecule has 2 N–H and O–H groups in total. The van der Waals surface area contributed by atoms with Gasteiger partial charge in [-0.2, -0.15) is 0 Å². The summed E-state index contributed by atoms with van der Waals surface area (Å²) in [5.74, 6) is 0.545. The molecule has 0 spiro atoms. The van der Waals surface area contributed by atoms with Crippen LogP contribution in [-0.4, -0.2) is 28.5 Å². The average Bonchev–Trinajstić information content (AvgIpc) is 2.63. The van der Waals surface area contributed by atoms with Crippen LogP contribution in [0.5, 0.6) is 0 Å². The lowest BCUT2D eigenvalue weighted by Crippen LogP contribution is -2.38. The molecule has 0 aromatic carbocycles. The van der Waals surface area contributed by atoms with E-state index < -0.39 is 0 Å². The summed E-state index contributed by atoms with van der Waals surface area (Å²) in [4.78, 5) is 20.8. The van der Waals surface area contributed by atoms with Gasteiger partial charge in [0.2, 0.25) is 0 Å². The van der Waals surface area contributed by atoms with E-state index >= 15 is 0 Å². The van der Waals surface area contributed by atoms with Gasteiger partial charge < -0.3 is 10.6 Å². The van der Waals surface area contributed by atoms with Crippen LogP contribution in [0.25, 0.3) is 0 Å². The van der Waals surface area contributed by atoms with Crippen LogP contribution < -0.4 is 10.6 Å². The van der Waals surface area contributed by atoms with Crippen molar-refractivity contribution in [3.05, 3.63) is 52.6 Å². The molecule has 138 valence electrons. The molecule has 1 fully saturated rings. The van der Waals surface area contributed by atoms with Crippen molar-refractivity contribution in [1.82, 2.24) is 15.3 Å². The van der Waals surface area contributed by atoms with Crippen LogP contribution in [0.15, 0.2) is 30.7 Å². The number of halogens is 1. The summed E-state index contributed by atoms with van der Waals surface area (Å²) in [6.07, 6.45) is 9.48. The highest BCUT2D eigenvalue weighted by molar-refractivity contribution is 6.30. The summed E-state index contributed by atoms with van der Waals surface area (Å²) < 4.78 is 0. The first-order valence-corrected chi connectivity index (χ1v) is 9.47. The molecular formula is C20H25ClN4O. The van der Waals surface area contributed by atoms with E-state index in [2.05, 4.69) is 26.7 Å². The highest BCUT2D eigenvalue weighted by Crippen LogP contribution is 2.25. The monoisotopic (exact) mass is 372 g/mol. The van der Waals surface area contributed by atoms with E-state index in [1.165, 1.54) is 0 Å². The SMILES string of the molecule is Cc1cncc(NCC2CCC(NC(=O)c3cc(Cl)cnc3C)CC2)c1. The number of aromatic nitrogens is 2. The Hall–Kier alpha value is -2.14. The molecule has 3 rings (SSSR count). The molecule has 0 bridgehead atoms. The van der Waals surface area contributed by atoms with E-state index in [1.54, 1.807) is 12.3 Å². The van der Waals surface area contributed by atoms with Crippen LogP contribution in [-0.2, 0) is 0 Å². The van der Waals surface area contributed by atoms with Crippen molar-refractivity contribution in [2.45, 2.75) is 45.6 Å². The number of hydrogen-bond acceptors (Lipinski definition) is 4. The molecule has 1 saturated carbocycles. The lowest BCUT2D eigenvalue weighted by atomic mass is 9.86. The van der Waals surface area contributed by atoms with Crippen molar-refractivity contribution >= 4 is 23.2 Å². The summed E-state index contributed by atoms with van der Waals surface area (Å²) in [5, 5.41) is 7.10. The molecule has 0 unspecified atom stereocenters. The van der Waals surface area contributed by atoms with Gasteiger partial charge in [0.25, 0.3) is 5.91 Å². The second kappa shape index (κ2) is 8.49. The third kappa shape index (κ3) is 4.94. The normalized spacial score (nSPS) is 19.8. The smallest absolute Gasteiger partial charge is 0.253 e. The molecule has 0 aliphatic heterocycles. The van der Waals surface area contributed by atoms with Crippen molar-refractivity contribution in [3.63, 3.8) is 0 Å². The molecule has 6 heteroatoms. The number of hydrogen-bond donors (Lipinski definition) is 2. The molecule has 1 aliphatic rings. The maximum absolute atomic E-state index is 12.5. The molecule has 1 aliphatic carbocycles. The number of nitrogens with one attached hydrogen (secondary N) is 2. The number of rotatable bonds is 5. The van der Waals surface area contributed by atoms with E-state index in [9.17, 15) is 4.79 Å². The van der Waals surface area contributed by atoms with E-state index in [4.69, 9.17) is 11.6 Å². The van der Waals surface area contributed by atoms with Crippen LogP contribution in [0.4, 0.5) is 5.69 Å². The van der Waals surface area contributed by atoms with Crippen molar-refractivity contribution in [2.24, 2.45) is 5.92 Å². The highest BCUT2D eigenvalue weighted by Gasteiger charge is 2.23. The minimum absolute atomic E-state index is 0.0788. The predicted octanol–water partition coefficient (Wildman–Crippen LogP) is 4.15. The maximum atomic E-state index is 12.5. The fourth-order valence-corrected chi connectivity index (χ4v) is 3.58. The van der Waals surface area contributed by atoms with Crippen LogP contribution >= 0.6 is 11.6 Å². The predicted molar refractivity (Wildman–Crippen MR) is 105 cm³/mol. The highest BCUT2D eigenvalue weighted by atomic mass is 35.5. The number of aryl methyl sites for hydroxylation is 2.